The van der Waals surface area contributed by atoms with E-state index in [0.29, 0.717) is 47.2 Å². The van der Waals surface area contributed by atoms with E-state index in [1.807, 2.05) is 48.5 Å². The van der Waals surface area contributed by atoms with Crippen LogP contribution in [0.2, 0.25) is 0 Å². The molecule has 0 radical (unpaired) electrons. The van der Waals surface area contributed by atoms with E-state index in [9.17, 15) is 14.0 Å². The van der Waals surface area contributed by atoms with Gasteiger partial charge in [0.25, 0.3) is 5.91 Å². The minimum absolute atomic E-state index is 0.100. The Bertz CT molecular complexity index is 2230. The Kier molecular flexibility index (Phi) is 10.1. The van der Waals surface area contributed by atoms with Crippen molar-refractivity contribution in [2.75, 3.05) is 22.1 Å². The van der Waals surface area contributed by atoms with Gasteiger partial charge in [-0.2, -0.15) is 9.61 Å². The highest BCUT2D eigenvalue weighted by Gasteiger charge is 2.28. The van der Waals surface area contributed by atoms with Gasteiger partial charge in [-0.3, -0.25) is 10.1 Å². The quantitative estimate of drug-likeness (QED) is 0.152. The fraction of sp³-hybridized carbons (Fsp3) is 0.244. The summed E-state index contributed by atoms with van der Waals surface area (Å²) in [5.74, 6) is 0.409. The molecule has 13 heteroatoms. The summed E-state index contributed by atoms with van der Waals surface area (Å²) in [5, 5.41) is 14.0. The van der Waals surface area contributed by atoms with Crippen molar-refractivity contribution in [3.8, 4) is 17.0 Å². The Labute approximate surface area is 312 Å². The van der Waals surface area contributed by atoms with Crippen LogP contribution in [0.15, 0.2) is 103 Å². The standard InChI is InChI=1S/C41H41FN8O4/c1-26-20-44-37(51)33-23-46-50-36(33)48-35(43-21-30-19-31(42)22-45-38(30)53-26)34(29-15-17-32(18-16-29)47-40(52)54-41(2,3)4)39(50)49(24-27-11-7-5-8-12-27)25-28-13-9-6-10-14-28/h5-19,22-23,26H,20-21,24-25H2,1-4H3,(H,43,48)(H,44,51)(H,47,52). The van der Waals surface area contributed by atoms with Gasteiger partial charge >= 0.3 is 6.09 Å². The number of amides is 2. The molecular weight excluding hydrogens is 688 g/mol. The lowest BCUT2D eigenvalue weighted by molar-refractivity contribution is 0.0635. The number of benzene rings is 3. The molecule has 0 aliphatic carbocycles. The first-order chi connectivity index (χ1) is 26.0. The molecule has 3 N–H and O–H groups in total. The van der Waals surface area contributed by atoms with Gasteiger partial charge in [-0.05, 0) is 62.6 Å². The molecule has 12 nitrogen and oxygen atoms in total. The van der Waals surface area contributed by atoms with Gasteiger partial charge in [0.15, 0.2) is 5.65 Å². The molecule has 0 saturated heterocycles. The summed E-state index contributed by atoms with van der Waals surface area (Å²) in [4.78, 5) is 37.9. The molecule has 6 aromatic rings. The maximum atomic E-state index is 14.7. The van der Waals surface area contributed by atoms with E-state index in [1.54, 1.807) is 44.3 Å². The number of anilines is 3. The molecule has 1 atom stereocenters. The highest BCUT2D eigenvalue weighted by Crippen LogP contribution is 2.40. The maximum Gasteiger partial charge on any atom is 0.412 e. The van der Waals surface area contributed by atoms with Gasteiger partial charge in [-0.25, -0.2) is 19.2 Å². The number of rotatable bonds is 7. The highest BCUT2D eigenvalue weighted by atomic mass is 19.1. The second-order valence-corrected chi connectivity index (χ2v) is 14.1. The molecule has 7 rings (SSSR count). The van der Waals surface area contributed by atoms with Crippen molar-refractivity contribution in [1.82, 2.24) is 24.9 Å². The zero-order valence-electron chi connectivity index (χ0n) is 30.5. The minimum Gasteiger partial charge on any atom is -0.473 e. The van der Waals surface area contributed by atoms with Crippen LogP contribution in [0.4, 0.5) is 26.5 Å². The van der Waals surface area contributed by atoms with Crippen LogP contribution in [-0.4, -0.2) is 49.8 Å². The van der Waals surface area contributed by atoms with Gasteiger partial charge in [0.1, 0.15) is 34.7 Å². The zero-order valence-corrected chi connectivity index (χ0v) is 30.5. The predicted molar refractivity (Wildman–Crippen MR) is 205 cm³/mol. The van der Waals surface area contributed by atoms with E-state index in [2.05, 4.69) is 50.1 Å². The van der Waals surface area contributed by atoms with E-state index < -0.39 is 23.6 Å². The molecular formula is C41H41FN8O4. The Morgan fingerprint density at radius 2 is 1.65 bits per heavy atom. The van der Waals surface area contributed by atoms with Crippen LogP contribution >= 0.6 is 0 Å². The summed E-state index contributed by atoms with van der Waals surface area (Å²) >= 11 is 0. The lowest BCUT2D eigenvalue weighted by Crippen LogP contribution is -2.34. The zero-order chi connectivity index (χ0) is 37.8. The van der Waals surface area contributed by atoms with Crippen LogP contribution in [0, 0.1) is 5.82 Å². The van der Waals surface area contributed by atoms with Crippen LogP contribution in [0.3, 0.4) is 0 Å². The van der Waals surface area contributed by atoms with E-state index in [-0.39, 0.29) is 30.4 Å². The summed E-state index contributed by atoms with van der Waals surface area (Å²) in [6.07, 6.45) is 1.57. The van der Waals surface area contributed by atoms with Crippen molar-refractivity contribution in [2.45, 2.75) is 59.0 Å². The van der Waals surface area contributed by atoms with Crippen molar-refractivity contribution >= 4 is 35.0 Å². The molecule has 0 spiro atoms. The number of nitrogens with one attached hydrogen (secondary N) is 3. The topological polar surface area (TPSA) is 135 Å². The second-order valence-electron chi connectivity index (χ2n) is 14.1. The third kappa shape index (κ3) is 8.25. The Morgan fingerprint density at radius 1 is 0.981 bits per heavy atom. The molecule has 1 aliphatic heterocycles. The molecule has 2 bridgehead atoms. The average Bonchev–Trinajstić information content (AvgIpc) is 3.57. The molecule has 4 heterocycles. The molecule has 54 heavy (non-hydrogen) atoms. The smallest absolute Gasteiger partial charge is 0.412 e. The molecule has 3 aromatic carbocycles. The third-order valence-corrected chi connectivity index (χ3v) is 8.62. The number of aromatic nitrogens is 4. The van der Waals surface area contributed by atoms with Crippen molar-refractivity contribution in [1.29, 1.82) is 0 Å². The first kappa shape index (κ1) is 35.9. The second kappa shape index (κ2) is 15.2. The van der Waals surface area contributed by atoms with Crippen LogP contribution in [-0.2, 0) is 24.4 Å². The first-order valence-electron chi connectivity index (χ1n) is 17.7. The molecule has 3 aromatic heterocycles. The normalized spacial score (nSPS) is 14.4. The summed E-state index contributed by atoms with van der Waals surface area (Å²) in [5.41, 5.74) is 4.42. The molecule has 276 valence electrons. The number of fused-ring (bicyclic) bond motifs is 2. The number of ether oxygens (including phenoxy) is 2. The van der Waals surface area contributed by atoms with E-state index in [0.717, 1.165) is 22.9 Å². The number of hydrogen-bond acceptors (Lipinski definition) is 9. The summed E-state index contributed by atoms with van der Waals surface area (Å²) in [6.45, 7) is 8.42. The van der Waals surface area contributed by atoms with Gasteiger partial charge in [-0.15, -0.1) is 0 Å². The highest BCUT2D eigenvalue weighted by molar-refractivity contribution is 6.01. The number of hydrogen-bond donors (Lipinski definition) is 3. The van der Waals surface area contributed by atoms with E-state index in [1.165, 1.54) is 12.3 Å². The van der Waals surface area contributed by atoms with Gasteiger partial charge in [0.2, 0.25) is 5.88 Å². The van der Waals surface area contributed by atoms with Gasteiger partial charge in [0.05, 0.1) is 24.5 Å². The largest absolute Gasteiger partial charge is 0.473 e. The summed E-state index contributed by atoms with van der Waals surface area (Å²) in [7, 11) is 0. The number of carbonyl (C=O) groups excluding carboxylic acids is 2. The number of halogens is 1. The molecule has 0 saturated carbocycles. The number of pyridine rings is 1. The van der Waals surface area contributed by atoms with Crippen molar-refractivity contribution < 1.29 is 23.5 Å². The predicted octanol–water partition coefficient (Wildman–Crippen LogP) is 7.61. The minimum atomic E-state index is -0.666. The van der Waals surface area contributed by atoms with Crippen molar-refractivity contribution in [2.24, 2.45) is 0 Å². The number of nitrogens with zero attached hydrogens (tertiary/aromatic N) is 5. The Balaban J connectivity index is 1.44. The molecule has 1 unspecified atom stereocenters. The monoisotopic (exact) mass is 728 g/mol. The third-order valence-electron chi connectivity index (χ3n) is 8.62. The Hall–Kier alpha value is -6.50. The number of carbonyl (C=O) groups is 2. The van der Waals surface area contributed by atoms with Gasteiger partial charge in [0, 0.05) is 30.9 Å². The van der Waals surface area contributed by atoms with Crippen LogP contribution in [0.5, 0.6) is 5.88 Å². The lowest BCUT2D eigenvalue weighted by atomic mass is 10.0. The Morgan fingerprint density at radius 3 is 2.30 bits per heavy atom. The van der Waals surface area contributed by atoms with E-state index in [4.69, 9.17) is 19.6 Å². The van der Waals surface area contributed by atoms with Crippen LogP contribution in [0.25, 0.3) is 16.8 Å². The van der Waals surface area contributed by atoms with Gasteiger partial charge in [-0.1, -0.05) is 72.8 Å². The van der Waals surface area contributed by atoms with Crippen LogP contribution in [0.1, 0.15) is 54.7 Å². The van der Waals surface area contributed by atoms with Crippen LogP contribution < -0.4 is 25.6 Å². The van der Waals surface area contributed by atoms with Crippen molar-refractivity contribution in [3.05, 3.63) is 131 Å². The molecule has 0 fully saturated rings. The van der Waals surface area contributed by atoms with Gasteiger partial charge < -0.3 is 25.0 Å². The molecule has 1 aliphatic rings. The lowest BCUT2D eigenvalue weighted by Gasteiger charge is -2.29. The first-order valence-corrected chi connectivity index (χ1v) is 17.7. The fourth-order valence-electron chi connectivity index (χ4n) is 6.22. The SMILES string of the molecule is CC1CNC(=O)c2cnn3c(N(Cc4ccccc4)Cc4ccccc4)c(-c4ccc(NC(=O)OC(C)(C)C)cc4)c(nc23)NCc2cc(F)cnc2O1. The van der Waals surface area contributed by atoms with Crippen molar-refractivity contribution in [3.63, 3.8) is 0 Å². The summed E-state index contributed by atoms with van der Waals surface area (Å²) in [6, 6.07) is 28.8. The average molecular weight is 729 g/mol. The molecule has 2 amide bonds. The van der Waals surface area contributed by atoms with E-state index >= 15 is 0 Å². The summed E-state index contributed by atoms with van der Waals surface area (Å²) < 4.78 is 27.9. The maximum absolute atomic E-state index is 14.7. The fourth-order valence-corrected chi connectivity index (χ4v) is 6.22.